The summed E-state index contributed by atoms with van der Waals surface area (Å²) in [6.07, 6.45) is 2.74. The second kappa shape index (κ2) is 6.53. The number of nitrogens with zero attached hydrogens (tertiary/aromatic N) is 1. The third kappa shape index (κ3) is 5.19. The van der Waals surface area contributed by atoms with Gasteiger partial charge in [0.2, 0.25) is 0 Å². The SMILES string of the molecule is CN(CCOCC1CC1)Cc1cccc(Br)c1. The largest absolute Gasteiger partial charge is 0.380 e. The molecule has 94 valence electrons. The number of hydrogen-bond donors (Lipinski definition) is 0. The normalized spacial score (nSPS) is 15.5. The van der Waals surface area contributed by atoms with E-state index in [1.807, 2.05) is 0 Å². The zero-order chi connectivity index (χ0) is 12.1. The Hall–Kier alpha value is -0.380. The van der Waals surface area contributed by atoms with E-state index in [-0.39, 0.29) is 0 Å². The number of hydrogen-bond acceptors (Lipinski definition) is 2. The molecule has 0 aliphatic heterocycles. The van der Waals surface area contributed by atoms with Crippen LogP contribution in [0, 0.1) is 5.92 Å². The van der Waals surface area contributed by atoms with Gasteiger partial charge in [-0.25, -0.2) is 0 Å². The van der Waals surface area contributed by atoms with Crippen LogP contribution < -0.4 is 0 Å². The van der Waals surface area contributed by atoms with Crippen molar-refractivity contribution in [3.8, 4) is 0 Å². The Labute approximate surface area is 112 Å². The molecule has 1 aromatic carbocycles. The first-order valence-corrected chi connectivity index (χ1v) is 7.04. The zero-order valence-electron chi connectivity index (χ0n) is 10.4. The Morgan fingerprint density at radius 1 is 1.41 bits per heavy atom. The van der Waals surface area contributed by atoms with Gasteiger partial charge in [0.1, 0.15) is 0 Å². The van der Waals surface area contributed by atoms with Gasteiger partial charge in [0.25, 0.3) is 0 Å². The maximum Gasteiger partial charge on any atom is 0.0593 e. The summed E-state index contributed by atoms with van der Waals surface area (Å²) in [5, 5.41) is 0. The van der Waals surface area contributed by atoms with Crippen LogP contribution in [0.2, 0.25) is 0 Å². The van der Waals surface area contributed by atoms with Crippen molar-refractivity contribution >= 4 is 15.9 Å². The first-order valence-electron chi connectivity index (χ1n) is 6.25. The van der Waals surface area contributed by atoms with Crippen molar-refractivity contribution in [1.29, 1.82) is 0 Å². The van der Waals surface area contributed by atoms with Crippen LogP contribution in [-0.4, -0.2) is 31.7 Å². The third-order valence-electron chi connectivity index (χ3n) is 3.01. The van der Waals surface area contributed by atoms with Crippen molar-refractivity contribution in [2.24, 2.45) is 5.92 Å². The molecule has 1 aliphatic carbocycles. The summed E-state index contributed by atoms with van der Waals surface area (Å²) >= 11 is 3.50. The van der Waals surface area contributed by atoms with Crippen molar-refractivity contribution < 1.29 is 4.74 Å². The van der Waals surface area contributed by atoms with E-state index in [0.717, 1.165) is 36.7 Å². The van der Waals surface area contributed by atoms with Gasteiger partial charge in [-0.05, 0) is 43.5 Å². The molecule has 3 heteroatoms. The monoisotopic (exact) mass is 297 g/mol. The maximum absolute atomic E-state index is 5.64. The Morgan fingerprint density at radius 3 is 2.94 bits per heavy atom. The molecule has 0 heterocycles. The molecule has 0 unspecified atom stereocenters. The number of likely N-dealkylation sites (N-methyl/N-ethyl adjacent to an activating group) is 1. The highest BCUT2D eigenvalue weighted by molar-refractivity contribution is 9.10. The second-order valence-electron chi connectivity index (χ2n) is 4.89. The molecule has 0 aromatic heterocycles. The standard InChI is InChI=1S/C14H20BrNO/c1-16(7-8-17-11-12-5-6-12)10-13-3-2-4-14(15)9-13/h2-4,9,12H,5-8,10-11H2,1H3. The predicted molar refractivity (Wildman–Crippen MR) is 74.0 cm³/mol. The van der Waals surface area contributed by atoms with Crippen LogP contribution in [0.4, 0.5) is 0 Å². The molecule has 0 atom stereocenters. The quantitative estimate of drug-likeness (QED) is 0.716. The lowest BCUT2D eigenvalue weighted by Crippen LogP contribution is -2.23. The van der Waals surface area contributed by atoms with E-state index >= 15 is 0 Å². The van der Waals surface area contributed by atoms with Crippen molar-refractivity contribution in [2.75, 3.05) is 26.8 Å². The van der Waals surface area contributed by atoms with E-state index in [1.54, 1.807) is 0 Å². The van der Waals surface area contributed by atoms with Crippen molar-refractivity contribution in [1.82, 2.24) is 4.90 Å². The molecule has 1 fully saturated rings. The van der Waals surface area contributed by atoms with Gasteiger partial charge in [0, 0.05) is 24.2 Å². The van der Waals surface area contributed by atoms with Crippen LogP contribution in [0.15, 0.2) is 28.7 Å². The zero-order valence-corrected chi connectivity index (χ0v) is 11.9. The van der Waals surface area contributed by atoms with Crippen molar-refractivity contribution in [3.63, 3.8) is 0 Å². The summed E-state index contributed by atoms with van der Waals surface area (Å²) in [6.45, 7) is 3.79. The average Bonchev–Trinajstić information content (AvgIpc) is 3.08. The van der Waals surface area contributed by atoms with Gasteiger partial charge >= 0.3 is 0 Å². The molecule has 0 bridgehead atoms. The summed E-state index contributed by atoms with van der Waals surface area (Å²) < 4.78 is 6.79. The molecule has 2 nitrogen and oxygen atoms in total. The molecule has 0 N–H and O–H groups in total. The van der Waals surface area contributed by atoms with E-state index in [1.165, 1.54) is 18.4 Å². The number of rotatable bonds is 7. The van der Waals surface area contributed by atoms with Gasteiger partial charge in [-0.2, -0.15) is 0 Å². The molecule has 1 aromatic rings. The van der Waals surface area contributed by atoms with E-state index in [0.29, 0.717) is 0 Å². The average molecular weight is 298 g/mol. The minimum Gasteiger partial charge on any atom is -0.380 e. The van der Waals surface area contributed by atoms with E-state index < -0.39 is 0 Å². The fourth-order valence-electron chi connectivity index (χ4n) is 1.78. The van der Waals surface area contributed by atoms with Gasteiger partial charge in [0.15, 0.2) is 0 Å². The van der Waals surface area contributed by atoms with E-state index in [2.05, 4.69) is 52.1 Å². The minimum atomic E-state index is 0.848. The van der Waals surface area contributed by atoms with Gasteiger partial charge in [-0.3, -0.25) is 4.90 Å². The Balaban J connectivity index is 1.63. The summed E-state index contributed by atoms with van der Waals surface area (Å²) in [5.41, 5.74) is 1.34. The number of halogens is 1. The molecular weight excluding hydrogens is 278 g/mol. The Morgan fingerprint density at radius 2 is 2.24 bits per heavy atom. The lowest BCUT2D eigenvalue weighted by molar-refractivity contribution is 0.102. The molecular formula is C14H20BrNO. The summed E-state index contributed by atoms with van der Waals surface area (Å²) in [7, 11) is 2.14. The van der Waals surface area contributed by atoms with Gasteiger partial charge < -0.3 is 4.74 Å². The first-order chi connectivity index (χ1) is 8.24. The lowest BCUT2D eigenvalue weighted by atomic mass is 10.2. The highest BCUT2D eigenvalue weighted by atomic mass is 79.9. The molecule has 1 saturated carbocycles. The first kappa shape index (κ1) is 13.1. The Bertz CT molecular complexity index is 352. The maximum atomic E-state index is 5.64. The minimum absolute atomic E-state index is 0.848. The highest BCUT2D eigenvalue weighted by Gasteiger charge is 2.20. The van der Waals surface area contributed by atoms with Crippen molar-refractivity contribution in [3.05, 3.63) is 34.3 Å². The number of ether oxygens (including phenoxy) is 1. The molecule has 0 spiro atoms. The van der Waals surface area contributed by atoms with Crippen LogP contribution >= 0.6 is 15.9 Å². The van der Waals surface area contributed by atoms with Crippen LogP contribution in [-0.2, 0) is 11.3 Å². The van der Waals surface area contributed by atoms with Gasteiger partial charge in [-0.15, -0.1) is 0 Å². The smallest absolute Gasteiger partial charge is 0.0593 e. The molecule has 0 radical (unpaired) electrons. The summed E-state index contributed by atoms with van der Waals surface area (Å²) in [4.78, 5) is 2.30. The second-order valence-corrected chi connectivity index (χ2v) is 5.80. The van der Waals surface area contributed by atoms with E-state index in [4.69, 9.17) is 4.74 Å². The molecule has 1 aliphatic rings. The fourth-order valence-corrected chi connectivity index (χ4v) is 2.23. The van der Waals surface area contributed by atoms with Crippen molar-refractivity contribution in [2.45, 2.75) is 19.4 Å². The lowest BCUT2D eigenvalue weighted by Gasteiger charge is -2.16. The topological polar surface area (TPSA) is 12.5 Å². The molecule has 0 saturated heterocycles. The highest BCUT2D eigenvalue weighted by Crippen LogP contribution is 2.28. The Kier molecular flexibility index (Phi) is 5.01. The van der Waals surface area contributed by atoms with Crippen LogP contribution in [0.25, 0.3) is 0 Å². The number of benzene rings is 1. The molecule has 0 amide bonds. The summed E-state index contributed by atoms with van der Waals surface area (Å²) in [5.74, 6) is 0.866. The predicted octanol–water partition coefficient (Wildman–Crippen LogP) is 3.31. The van der Waals surface area contributed by atoms with E-state index in [9.17, 15) is 0 Å². The van der Waals surface area contributed by atoms with Gasteiger partial charge in [-0.1, -0.05) is 28.1 Å². The third-order valence-corrected chi connectivity index (χ3v) is 3.50. The summed E-state index contributed by atoms with van der Waals surface area (Å²) in [6, 6.07) is 8.47. The molecule has 17 heavy (non-hydrogen) atoms. The van der Waals surface area contributed by atoms with Crippen LogP contribution in [0.3, 0.4) is 0 Å². The molecule has 2 rings (SSSR count). The fraction of sp³-hybridized carbons (Fsp3) is 0.571. The van der Waals surface area contributed by atoms with Gasteiger partial charge in [0.05, 0.1) is 6.61 Å². The van der Waals surface area contributed by atoms with Crippen LogP contribution in [0.5, 0.6) is 0 Å². The van der Waals surface area contributed by atoms with Crippen LogP contribution in [0.1, 0.15) is 18.4 Å².